The lowest BCUT2D eigenvalue weighted by atomic mass is 10.0. The minimum atomic E-state index is -0.618. The number of nitrogens with one attached hydrogen (secondary N) is 1. The Kier molecular flexibility index (Phi) is 5.30. The molecule has 0 aliphatic rings. The molecule has 106 valence electrons. The van der Waals surface area contributed by atoms with Crippen LogP contribution in [-0.4, -0.2) is 43.6 Å². The van der Waals surface area contributed by atoms with Crippen LogP contribution in [0.15, 0.2) is 24.3 Å². The summed E-state index contributed by atoms with van der Waals surface area (Å²) >= 11 is 0. The van der Waals surface area contributed by atoms with Crippen LogP contribution in [0.2, 0.25) is 0 Å². The SMILES string of the molecule is CNC(C)(C)C(=O)N(C)CCOc1ccccc1F. The monoisotopic (exact) mass is 268 g/mol. The molecule has 4 nitrogen and oxygen atoms in total. The van der Waals surface area contributed by atoms with Gasteiger partial charge in [0.2, 0.25) is 5.91 Å². The third kappa shape index (κ3) is 4.21. The lowest BCUT2D eigenvalue weighted by molar-refractivity contribution is -0.135. The lowest BCUT2D eigenvalue weighted by Gasteiger charge is -2.28. The fourth-order valence-electron chi connectivity index (χ4n) is 1.54. The number of ether oxygens (including phenoxy) is 1. The lowest BCUT2D eigenvalue weighted by Crippen LogP contribution is -2.52. The average Bonchev–Trinajstić information content (AvgIpc) is 2.39. The molecule has 5 heteroatoms. The van der Waals surface area contributed by atoms with E-state index < -0.39 is 11.4 Å². The van der Waals surface area contributed by atoms with Crippen molar-refractivity contribution < 1.29 is 13.9 Å². The molecule has 1 N–H and O–H groups in total. The molecule has 19 heavy (non-hydrogen) atoms. The molecule has 0 radical (unpaired) electrons. The highest BCUT2D eigenvalue weighted by Crippen LogP contribution is 2.15. The molecule has 0 saturated carbocycles. The fourth-order valence-corrected chi connectivity index (χ4v) is 1.54. The zero-order chi connectivity index (χ0) is 14.5. The van der Waals surface area contributed by atoms with Gasteiger partial charge >= 0.3 is 0 Å². The van der Waals surface area contributed by atoms with E-state index in [2.05, 4.69) is 5.32 Å². The first kappa shape index (κ1) is 15.4. The maximum Gasteiger partial charge on any atom is 0.242 e. The second kappa shape index (κ2) is 6.52. The summed E-state index contributed by atoms with van der Waals surface area (Å²) in [6.07, 6.45) is 0. The number of hydrogen-bond acceptors (Lipinski definition) is 3. The van der Waals surface area contributed by atoms with Gasteiger partial charge in [0.05, 0.1) is 12.1 Å². The van der Waals surface area contributed by atoms with Crippen LogP contribution in [0.4, 0.5) is 4.39 Å². The van der Waals surface area contributed by atoms with Gasteiger partial charge in [-0.25, -0.2) is 4.39 Å². The molecule has 1 aromatic rings. The number of benzene rings is 1. The Morgan fingerprint density at radius 2 is 2.05 bits per heavy atom. The molecule has 0 bridgehead atoms. The molecule has 0 fully saturated rings. The summed E-state index contributed by atoms with van der Waals surface area (Å²) in [4.78, 5) is 13.6. The van der Waals surface area contributed by atoms with E-state index in [9.17, 15) is 9.18 Å². The first-order valence-electron chi connectivity index (χ1n) is 6.20. The van der Waals surface area contributed by atoms with Crippen molar-refractivity contribution >= 4 is 5.91 Å². The number of carbonyl (C=O) groups is 1. The molecular weight excluding hydrogens is 247 g/mol. The number of halogens is 1. The van der Waals surface area contributed by atoms with Crippen LogP contribution in [0.5, 0.6) is 5.75 Å². The fraction of sp³-hybridized carbons (Fsp3) is 0.500. The van der Waals surface area contributed by atoms with Gasteiger partial charge in [-0.15, -0.1) is 0 Å². The maximum atomic E-state index is 13.3. The van der Waals surface area contributed by atoms with Gasteiger partial charge in [-0.05, 0) is 33.0 Å². The van der Waals surface area contributed by atoms with Crippen molar-refractivity contribution in [1.82, 2.24) is 10.2 Å². The Morgan fingerprint density at radius 1 is 1.42 bits per heavy atom. The van der Waals surface area contributed by atoms with Gasteiger partial charge in [0.25, 0.3) is 0 Å². The van der Waals surface area contributed by atoms with E-state index in [0.717, 1.165) is 0 Å². The Hall–Kier alpha value is -1.62. The number of rotatable bonds is 6. The predicted octanol–water partition coefficient (Wildman–Crippen LogP) is 1.66. The number of nitrogens with zero attached hydrogens (tertiary/aromatic N) is 1. The molecule has 0 aliphatic carbocycles. The van der Waals surface area contributed by atoms with Crippen molar-refractivity contribution in [3.63, 3.8) is 0 Å². The summed E-state index contributed by atoms with van der Waals surface area (Å²) in [7, 11) is 3.44. The third-order valence-electron chi connectivity index (χ3n) is 3.03. The zero-order valence-corrected chi connectivity index (χ0v) is 11.9. The van der Waals surface area contributed by atoms with Crippen molar-refractivity contribution in [2.45, 2.75) is 19.4 Å². The van der Waals surface area contributed by atoms with E-state index in [4.69, 9.17) is 4.74 Å². The van der Waals surface area contributed by atoms with Crippen LogP contribution in [0, 0.1) is 5.82 Å². The molecule has 0 aliphatic heterocycles. The number of carbonyl (C=O) groups excluding carboxylic acids is 1. The van der Waals surface area contributed by atoms with Crippen LogP contribution in [0.1, 0.15) is 13.8 Å². The molecule has 1 rings (SSSR count). The summed E-state index contributed by atoms with van der Waals surface area (Å²) in [6.45, 7) is 4.27. The van der Waals surface area contributed by atoms with Gasteiger partial charge in [-0.1, -0.05) is 12.1 Å². The Bertz CT molecular complexity index is 435. The number of hydrogen-bond donors (Lipinski definition) is 1. The molecule has 0 heterocycles. The Balaban J connectivity index is 2.46. The van der Waals surface area contributed by atoms with Crippen molar-refractivity contribution in [2.75, 3.05) is 27.2 Å². The minimum absolute atomic E-state index is 0.0351. The van der Waals surface area contributed by atoms with E-state index in [1.807, 2.05) is 13.8 Å². The van der Waals surface area contributed by atoms with E-state index in [1.165, 1.54) is 6.07 Å². The quantitative estimate of drug-likeness (QED) is 0.853. The van der Waals surface area contributed by atoms with Crippen LogP contribution < -0.4 is 10.1 Å². The molecule has 0 saturated heterocycles. The molecule has 0 aromatic heterocycles. The van der Waals surface area contributed by atoms with Gasteiger partial charge < -0.3 is 15.0 Å². The first-order chi connectivity index (χ1) is 8.88. The van der Waals surface area contributed by atoms with E-state index in [-0.39, 0.29) is 18.3 Å². The van der Waals surface area contributed by atoms with Gasteiger partial charge in [0, 0.05) is 7.05 Å². The maximum absolute atomic E-state index is 13.3. The standard InChI is InChI=1S/C14H21FN2O2/c1-14(2,16-3)13(18)17(4)9-10-19-12-8-6-5-7-11(12)15/h5-8,16H,9-10H2,1-4H3. The first-order valence-corrected chi connectivity index (χ1v) is 6.20. The van der Waals surface area contributed by atoms with Crippen molar-refractivity contribution in [1.29, 1.82) is 0 Å². The summed E-state index contributed by atoms with van der Waals surface area (Å²) < 4.78 is 18.6. The van der Waals surface area contributed by atoms with Crippen molar-refractivity contribution in [3.8, 4) is 5.75 Å². The van der Waals surface area contributed by atoms with Crippen LogP contribution in [-0.2, 0) is 4.79 Å². The van der Waals surface area contributed by atoms with Crippen LogP contribution in [0.25, 0.3) is 0 Å². The minimum Gasteiger partial charge on any atom is -0.489 e. The average molecular weight is 268 g/mol. The topological polar surface area (TPSA) is 41.6 Å². The summed E-state index contributed by atoms with van der Waals surface area (Å²) in [5.41, 5.74) is -0.618. The second-order valence-electron chi connectivity index (χ2n) is 4.88. The molecule has 0 atom stereocenters. The molecule has 0 unspecified atom stereocenters. The van der Waals surface area contributed by atoms with Gasteiger partial charge in [-0.2, -0.15) is 0 Å². The zero-order valence-electron chi connectivity index (χ0n) is 11.9. The number of likely N-dealkylation sites (N-methyl/N-ethyl adjacent to an activating group) is 2. The van der Waals surface area contributed by atoms with Gasteiger partial charge in [0.1, 0.15) is 6.61 Å². The third-order valence-corrected chi connectivity index (χ3v) is 3.03. The second-order valence-corrected chi connectivity index (χ2v) is 4.88. The summed E-state index contributed by atoms with van der Waals surface area (Å²) in [6, 6.07) is 6.22. The van der Waals surface area contributed by atoms with Crippen molar-refractivity contribution in [2.24, 2.45) is 0 Å². The molecule has 1 aromatic carbocycles. The largest absolute Gasteiger partial charge is 0.489 e. The normalized spacial score (nSPS) is 11.2. The number of para-hydroxylation sites is 1. The van der Waals surface area contributed by atoms with E-state index in [1.54, 1.807) is 37.2 Å². The number of amides is 1. The summed E-state index contributed by atoms with van der Waals surface area (Å²) in [5, 5.41) is 2.95. The smallest absolute Gasteiger partial charge is 0.242 e. The highest BCUT2D eigenvalue weighted by molar-refractivity contribution is 5.85. The molecular formula is C14H21FN2O2. The Morgan fingerprint density at radius 3 is 2.63 bits per heavy atom. The van der Waals surface area contributed by atoms with E-state index >= 15 is 0 Å². The molecule has 1 amide bonds. The summed E-state index contributed by atoms with van der Waals surface area (Å²) in [5.74, 6) is -0.226. The van der Waals surface area contributed by atoms with Crippen LogP contribution in [0.3, 0.4) is 0 Å². The van der Waals surface area contributed by atoms with Crippen LogP contribution >= 0.6 is 0 Å². The van der Waals surface area contributed by atoms with E-state index in [0.29, 0.717) is 6.54 Å². The highest BCUT2D eigenvalue weighted by Gasteiger charge is 2.28. The van der Waals surface area contributed by atoms with Gasteiger partial charge in [0.15, 0.2) is 11.6 Å². The Labute approximate surface area is 113 Å². The molecule has 0 spiro atoms. The van der Waals surface area contributed by atoms with Crippen molar-refractivity contribution in [3.05, 3.63) is 30.1 Å². The highest BCUT2D eigenvalue weighted by atomic mass is 19.1. The predicted molar refractivity (Wildman–Crippen MR) is 72.7 cm³/mol. The van der Waals surface area contributed by atoms with Gasteiger partial charge in [-0.3, -0.25) is 4.79 Å².